The van der Waals surface area contributed by atoms with Crippen LogP contribution in [0.25, 0.3) is 0 Å². The van der Waals surface area contributed by atoms with Crippen LogP contribution in [0.15, 0.2) is 0 Å². The van der Waals surface area contributed by atoms with E-state index in [1.807, 2.05) is 6.92 Å². The highest BCUT2D eigenvalue weighted by molar-refractivity contribution is 7.99. The van der Waals surface area contributed by atoms with Crippen molar-refractivity contribution in [2.75, 3.05) is 18.1 Å². The van der Waals surface area contributed by atoms with Crippen LogP contribution in [0.4, 0.5) is 0 Å². The third kappa shape index (κ3) is 19.8. The Kier molecular flexibility index (Phi) is 19.7. The summed E-state index contributed by atoms with van der Waals surface area (Å²) in [5.74, 6) is 2.53. The molecule has 0 amide bonds. The Balaban J connectivity index is 3.01. The number of unbranched alkanes of at least 4 members (excludes halogenated alkanes) is 11. The minimum Gasteiger partial charge on any atom is -0.466 e. The molecule has 0 saturated heterocycles. The first kappa shape index (κ1) is 22.8. The SMILES string of the molecule is CCCCCCCCCCCCSCCCCCC(=O)OCC. The zero-order valence-electron chi connectivity index (χ0n) is 15.7. The van der Waals surface area contributed by atoms with Gasteiger partial charge in [0, 0.05) is 6.42 Å². The van der Waals surface area contributed by atoms with E-state index in [-0.39, 0.29) is 5.97 Å². The lowest BCUT2D eigenvalue weighted by atomic mass is 10.1. The minimum atomic E-state index is -0.0366. The van der Waals surface area contributed by atoms with Crippen molar-refractivity contribution in [2.24, 2.45) is 0 Å². The second kappa shape index (κ2) is 19.9. The molecule has 0 aromatic heterocycles. The molecule has 138 valence electrons. The van der Waals surface area contributed by atoms with Gasteiger partial charge in [0.1, 0.15) is 0 Å². The molecule has 0 aromatic carbocycles. The van der Waals surface area contributed by atoms with Gasteiger partial charge in [-0.1, -0.05) is 71.1 Å². The van der Waals surface area contributed by atoms with Gasteiger partial charge >= 0.3 is 5.97 Å². The van der Waals surface area contributed by atoms with Crippen LogP contribution >= 0.6 is 11.8 Å². The van der Waals surface area contributed by atoms with Crippen molar-refractivity contribution in [1.82, 2.24) is 0 Å². The fraction of sp³-hybridized carbons (Fsp3) is 0.950. The molecule has 0 heterocycles. The normalized spacial score (nSPS) is 10.9. The standard InChI is InChI=1S/C20H40O2S/c1-3-5-6-7-8-9-10-11-12-15-18-23-19-16-13-14-17-20(21)22-4-2/h3-19H2,1-2H3. The molecular formula is C20H40O2S. The highest BCUT2D eigenvalue weighted by Crippen LogP contribution is 2.14. The first-order valence-electron chi connectivity index (χ1n) is 10.0. The summed E-state index contributed by atoms with van der Waals surface area (Å²) in [6, 6.07) is 0. The molecule has 2 nitrogen and oxygen atoms in total. The molecule has 0 aliphatic carbocycles. The predicted molar refractivity (Wildman–Crippen MR) is 104 cm³/mol. The first-order chi connectivity index (χ1) is 11.3. The average molecular weight is 345 g/mol. The zero-order chi connectivity index (χ0) is 17.0. The summed E-state index contributed by atoms with van der Waals surface area (Å²) < 4.78 is 4.92. The zero-order valence-corrected chi connectivity index (χ0v) is 16.6. The summed E-state index contributed by atoms with van der Waals surface area (Å²) in [6.45, 7) is 4.65. The number of thioether (sulfide) groups is 1. The van der Waals surface area contributed by atoms with Crippen LogP contribution < -0.4 is 0 Å². The number of ether oxygens (including phenoxy) is 1. The van der Waals surface area contributed by atoms with E-state index >= 15 is 0 Å². The van der Waals surface area contributed by atoms with Crippen LogP contribution in [-0.4, -0.2) is 24.1 Å². The summed E-state index contributed by atoms with van der Waals surface area (Å²) in [5.41, 5.74) is 0. The summed E-state index contributed by atoms with van der Waals surface area (Å²) in [5, 5.41) is 0. The summed E-state index contributed by atoms with van der Waals surface area (Å²) in [7, 11) is 0. The van der Waals surface area contributed by atoms with Crippen LogP contribution in [0.2, 0.25) is 0 Å². The van der Waals surface area contributed by atoms with Gasteiger partial charge in [0.05, 0.1) is 6.61 Å². The maximum atomic E-state index is 11.2. The molecule has 0 radical (unpaired) electrons. The van der Waals surface area contributed by atoms with Gasteiger partial charge in [-0.25, -0.2) is 0 Å². The van der Waals surface area contributed by atoms with Crippen molar-refractivity contribution >= 4 is 17.7 Å². The number of rotatable bonds is 18. The topological polar surface area (TPSA) is 26.3 Å². The number of carbonyl (C=O) groups is 1. The van der Waals surface area contributed by atoms with Gasteiger partial charge in [0.25, 0.3) is 0 Å². The number of hydrogen-bond donors (Lipinski definition) is 0. The van der Waals surface area contributed by atoms with Gasteiger partial charge in [-0.05, 0) is 37.7 Å². The number of esters is 1. The molecule has 0 spiro atoms. The van der Waals surface area contributed by atoms with Crippen molar-refractivity contribution < 1.29 is 9.53 Å². The summed E-state index contributed by atoms with van der Waals surface area (Å²) in [4.78, 5) is 11.2. The van der Waals surface area contributed by atoms with Gasteiger partial charge in [0.2, 0.25) is 0 Å². The second-order valence-electron chi connectivity index (χ2n) is 6.41. The molecule has 0 bridgehead atoms. The molecule has 0 aromatic rings. The molecule has 0 aliphatic heterocycles. The van der Waals surface area contributed by atoms with E-state index in [1.165, 1.54) is 82.1 Å². The van der Waals surface area contributed by atoms with E-state index in [0.717, 1.165) is 12.8 Å². The van der Waals surface area contributed by atoms with E-state index < -0.39 is 0 Å². The van der Waals surface area contributed by atoms with E-state index in [1.54, 1.807) is 0 Å². The highest BCUT2D eigenvalue weighted by atomic mass is 32.2. The van der Waals surface area contributed by atoms with Crippen molar-refractivity contribution in [2.45, 2.75) is 104 Å². The molecule has 0 atom stereocenters. The smallest absolute Gasteiger partial charge is 0.305 e. The molecule has 3 heteroatoms. The maximum absolute atomic E-state index is 11.2. The molecular weight excluding hydrogens is 304 g/mol. The van der Waals surface area contributed by atoms with Crippen LogP contribution in [-0.2, 0) is 9.53 Å². The molecule has 0 saturated carbocycles. The van der Waals surface area contributed by atoms with Crippen molar-refractivity contribution in [3.05, 3.63) is 0 Å². The lowest BCUT2D eigenvalue weighted by Crippen LogP contribution is -2.03. The second-order valence-corrected chi connectivity index (χ2v) is 7.63. The quantitative estimate of drug-likeness (QED) is 0.203. The van der Waals surface area contributed by atoms with Crippen LogP contribution in [0.5, 0.6) is 0 Å². The fourth-order valence-corrected chi connectivity index (χ4v) is 3.70. The lowest BCUT2D eigenvalue weighted by molar-refractivity contribution is -0.143. The Hall–Kier alpha value is -0.180. The predicted octanol–water partition coefficient (Wildman–Crippen LogP) is 6.76. The fourth-order valence-electron chi connectivity index (χ4n) is 2.68. The molecule has 0 N–H and O–H groups in total. The van der Waals surface area contributed by atoms with Crippen molar-refractivity contribution in [3.63, 3.8) is 0 Å². The van der Waals surface area contributed by atoms with Gasteiger partial charge in [-0.3, -0.25) is 4.79 Å². The lowest BCUT2D eigenvalue weighted by Gasteiger charge is -2.04. The molecule has 23 heavy (non-hydrogen) atoms. The van der Waals surface area contributed by atoms with Crippen LogP contribution in [0.3, 0.4) is 0 Å². The summed E-state index contributed by atoms with van der Waals surface area (Å²) in [6.07, 6.45) is 18.2. The van der Waals surface area contributed by atoms with Crippen LogP contribution in [0.1, 0.15) is 104 Å². The largest absolute Gasteiger partial charge is 0.466 e. The monoisotopic (exact) mass is 344 g/mol. The highest BCUT2D eigenvalue weighted by Gasteiger charge is 2.00. The van der Waals surface area contributed by atoms with Crippen LogP contribution in [0, 0.1) is 0 Å². The van der Waals surface area contributed by atoms with Gasteiger partial charge in [-0.15, -0.1) is 0 Å². The van der Waals surface area contributed by atoms with Crippen molar-refractivity contribution in [3.8, 4) is 0 Å². The maximum Gasteiger partial charge on any atom is 0.305 e. The number of hydrogen-bond acceptors (Lipinski definition) is 3. The minimum absolute atomic E-state index is 0.0366. The molecule has 0 fully saturated rings. The Labute approximate surface area is 149 Å². The Morgan fingerprint density at radius 3 is 1.70 bits per heavy atom. The molecule has 0 aliphatic rings. The number of carbonyl (C=O) groups excluding carboxylic acids is 1. The summed E-state index contributed by atoms with van der Waals surface area (Å²) >= 11 is 2.08. The Morgan fingerprint density at radius 1 is 0.696 bits per heavy atom. The van der Waals surface area contributed by atoms with E-state index in [2.05, 4.69) is 18.7 Å². The molecule has 0 rings (SSSR count). The van der Waals surface area contributed by atoms with Gasteiger partial charge in [-0.2, -0.15) is 11.8 Å². The third-order valence-electron chi connectivity index (χ3n) is 4.12. The Morgan fingerprint density at radius 2 is 1.17 bits per heavy atom. The van der Waals surface area contributed by atoms with Gasteiger partial charge in [0.15, 0.2) is 0 Å². The first-order valence-corrected chi connectivity index (χ1v) is 11.2. The third-order valence-corrected chi connectivity index (χ3v) is 5.27. The van der Waals surface area contributed by atoms with E-state index in [0.29, 0.717) is 13.0 Å². The Bertz CT molecular complexity index is 244. The van der Waals surface area contributed by atoms with E-state index in [9.17, 15) is 4.79 Å². The average Bonchev–Trinajstić information content (AvgIpc) is 2.54. The van der Waals surface area contributed by atoms with Crippen molar-refractivity contribution in [1.29, 1.82) is 0 Å². The molecule has 0 unspecified atom stereocenters. The van der Waals surface area contributed by atoms with E-state index in [4.69, 9.17) is 4.74 Å². The van der Waals surface area contributed by atoms with Gasteiger partial charge < -0.3 is 4.74 Å².